The van der Waals surface area contributed by atoms with Gasteiger partial charge in [-0.05, 0) is 42.5 Å². The zero-order chi connectivity index (χ0) is 15.4. The van der Waals surface area contributed by atoms with Crippen LogP contribution in [0.25, 0.3) is 0 Å². The molecule has 0 unspecified atom stereocenters. The van der Waals surface area contributed by atoms with E-state index >= 15 is 0 Å². The van der Waals surface area contributed by atoms with Crippen LogP contribution in [0.4, 0.5) is 0 Å². The molecule has 114 valence electrons. The van der Waals surface area contributed by atoms with E-state index in [4.69, 9.17) is 14.6 Å². The molecule has 1 saturated carbocycles. The third kappa shape index (κ3) is 3.79. The third-order valence-corrected chi connectivity index (χ3v) is 3.60. The second-order valence-corrected chi connectivity index (χ2v) is 5.50. The number of carbonyl (C=O) groups is 1. The van der Waals surface area contributed by atoms with Crippen molar-refractivity contribution in [3.8, 4) is 11.5 Å². The fourth-order valence-electron chi connectivity index (χ4n) is 2.10. The average molecular weight is 298 g/mol. The smallest absolute Gasteiger partial charge is 0.335 e. The average Bonchev–Trinajstić information content (AvgIpc) is 3.36. The van der Waals surface area contributed by atoms with Gasteiger partial charge in [-0.15, -0.1) is 0 Å². The van der Waals surface area contributed by atoms with Gasteiger partial charge in [0.15, 0.2) is 11.5 Å². The first-order valence-corrected chi connectivity index (χ1v) is 7.39. The van der Waals surface area contributed by atoms with Crippen LogP contribution in [0.15, 0.2) is 48.5 Å². The molecule has 0 amide bonds. The quantitative estimate of drug-likeness (QED) is 0.845. The Hall–Kier alpha value is -2.49. The van der Waals surface area contributed by atoms with Crippen LogP contribution in [0, 0.1) is 5.92 Å². The summed E-state index contributed by atoms with van der Waals surface area (Å²) in [5.74, 6) is 0.707. The van der Waals surface area contributed by atoms with Gasteiger partial charge in [0.2, 0.25) is 0 Å². The first kappa shape index (κ1) is 14.4. The van der Waals surface area contributed by atoms with E-state index in [1.54, 1.807) is 6.07 Å². The van der Waals surface area contributed by atoms with E-state index < -0.39 is 5.97 Å². The summed E-state index contributed by atoms with van der Waals surface area (Å²) in [5.41, 5.74) is 1.26. The number of carboxylic acid groups (broad SMARTS) is 1. The van der Waals surface area contributed by atoms with Crippen molar-refractivity contribution in [3.63, 3.8) is 0 Å². The maximum atomic E-state index is 11.1. The summed E-state index contributed by atoms with van der Waals surface area (Å²) < 4.78 is 11.5. The number of benzene rings is 2. The van der Waals surface area contributed by atoms with Gasteiger partial charge in [0, 0.05) is 0 Å². The summed E-state index contributed by atoms with van der Waals surface area (Å²) in [6.07, 6.45) is 2.36. The standard InChI is InChI=1S/C18H18O4/c19-18(20)15-8-9-16(17(10-15)22-12-14-6-7-14)21-11-13-4-2-1-3-5-13/h1-5,8-10,14H,6-7,11-12H2,(H,19,20). The van der Waals surface area contributed by atoms with Crippen LogP contribution in [0.3, 0.4) is 0 Å². The maximum absolute atomic E-state index is 11.1. The van der Waals surface area contributed by atoms with Crippen LogP contribution < -0.4 is 9.47 Å². The van der Waals surface area contributed by atoms with Crippen molar-refractivity contribution < 1.29 is 19.4 Å². The molecule has 4 nitrogen and oxygen atoms in total. The highest BCUT2D eigenvalue weighted by Crippen LogP contribution is 2.33. The Morgan fingerprint density at radius 2 is 1.82 bits per heavy atom. The van der Waals surface area contributed by atoms with Crippen molar-refractivity contribution in [2.75, 3.05) is 6.61 Å². The Balaban J connectivity index is 1.73. The molecule has 1 N–H and O–H groups in total. The molecule has 22 heavy (non-hydrogen) atoms. The molecule has 1 aliphatic carbocycles. The molecule has 0 bridgehead atoms. The minimum Gasteiger partial charge on any atom is -0.489 e. The lowest BCUT2D eigenvalue weighted by Gasteiger charge is -2.13. The summed E-state index contributed by atoms with van der Waals surface area (Å²) >= 11 is 0. The van der Waals surface area contributed by atoms with E-state index in [-0.39, 0.29) is 5.56 Å². The van der Waals surface area contributed by atoms with Gasteiger partial charge in [-0.2, -0.15) is 0 Å². The van der Waals surface area contributed by atoms with Gasteiger partial charge in [0.1, 0.15) is 6.61 Å². The number of carboxylic acids is 1. The number of hydrogen-bond acceptors (Lipinski definition) is 3. The van der Waals surface area contributed by atoms with E-state index in [0.717, 1.165) is 5.56 Å². The lowest BCUT2D eigenvalue weighted by Crippen LogP contribution is -2.05. The van der Waals surface area contributed by atoms with Crippen LogP contribution in [0.1, 0.15) is 28.8 Å². The summed E-state index contributed by atoms with van der Waals surface area (Å²) in [4.78, 5) is 11.1. The summed E-state index contributed by atoms with van der Waals surface area (Å²) in [7, 11) is 0. The van der Waals surface area contributed by atoms with Crippen molar-refractivity contribution in [1.82, 2.24) is 0 Å². The van der Waals surface area contributed by atoms with E-state index in [0.29, 0.717) is 30.6 Å². The monoisotopic (exact) mass is 298 g/mol. The summed E-state index contributed by atoms with van der Waals surface area (Å²) in [5, 5.41) is 9.10. The largest absolute Gasteiger partial charge is 0.489 e. The fraction of sp³-hybridized carbons (Fsp3) is 0.278. The molecule has 0 radical (unpaired) electrons. The number of ether oxygens (including phenoxy) is 2. The molecule has 0 aromatic heterocycles. The van der Waals surface area contributed by atoms with Crippen LogP contribution in [0.2, 0.25) is 0 Å². The Morgan fingerprint density at radius 1 is 1.05 bits per heavy atom. The molecule has 0 aliphatic heterocycles. The highest BCUT2D eigenvalue weighted by Gasteiger charge is 2.23. The normalized spacial score (nSPS) is 13.6. The van der Waals surface area contributed by atoms with Gasteiger partial charge >= 0.3 is 5.97 Å². The number of aromatic carboxylic acids is 1. The van der Waals surface area contributed by atoms with Crippen molar-refractivity contribution in [1.29, 1.82) is 0 Å². The van der Waals surface area contributed by atoms with Crippen LogP contribution in [-0.4, -0.2) is 17.7 Å². The van der Waals surface area contributed by atoms with E-state index in [2.05, 4.69) is 0 Å². The molecule has 0 atom stereocenters. The first-order chi connectivity index (χ1) is 10.7. The first-order valence-electron chi connectivity index (χ1n) is 7.39. The second kappa shape index (κ2) is 6.52. The van der Waals surface area contributed by atoms with Crippen LogP contribution in [0.5, 0.6) is 11.5 Å². The molecule has 2 aromatic rings. The topological polar surface area (TPSA) is 55.8 Å². The van der Waals surface area contributed by atoms with Gasteiger partial charge < -0.3 is 14.6 Å². The lowest BCUT2D eigenvalue weighted by molar-refractivity contribution is 0.0696. The Kier molecular flexibility index (Phi) is 4.28. The van der Waals surface area contributed by atoms with Crippen molar-refractivity contribution >= 4 is 5.97 Å². The molecule has 0 saturated heterocycles. The zero-order valence-electron chi connectivity index (χ0n) is 12.2. The third-order valence-electron chi connectivity index (χ3n) is 3.60. The SMILES string of the molecule is O=C(O)c1ccc(OCc2ccccc2)c(OCC2CC2)c1. The second-order valence-electron chi connectivity index (χ2n) is 5.50. The predicted octanol–water partition coefficient (Wildman–Crippen LogP) is 3.75. The fourth-order valence-corrected chi connectivity index (χ4v) is 2.10. The number of rotatable bonds is 7. The summed E-state index contributed by atoms with van der Waals surface area (Å²) in [6, 6.07) is 14.6. The Bertz CT molecular complexity index is 647. The minimum absolute atomic E-state index is 0.206. The van der Waals surface area contributed by atoms with E-state index in [9.17, 15) is 4.79 Å². The number of hydrogen-bond donors (Lipinski definition) is 1. The van der Waals surface area contributed by atoms with Gasteiger partial charge in [0.05, 0.1) is 12.2 Å². The highest BCUT2D eigenvalue weighted by molar-refractivity contribution is 5.88. The van der Waals surface area contributed by atoms with Crippen LogP contribution in [-0.2, 0) is 6.61 Å². The Labute approximate surface area is 129 Å². The van der Waals surface area contributed by atoms with E-state index in [1.165, 1.54) is 25.0 Å². The Morgan fingerprint density at radius 3 is 2.50 bits per heavy atom. The zero-order valence-corrected chi connectivity index (χ0v) is 12.2. The van der Waals surface area contributed by atoms with Crippen LogP contribution >= 0.6 is 0 Å². The lowest BCUT2D eigenvalue weighted by atomic mass is 10.2. The molecule has 3 rings (SSSR count). The molecule has 0 spiro atoms. The van der Waals surface area contributed by atoms with Gasteiger partial charge in [-0.25, -0.2) is 4.79 Å². The molecule has 1 fully saturated rings. The van der Waals surface area contributed by atoms with Crippen molar-refractivity contribution in [3.05, 3.63) is 59.7 Å². The van der Waals surface area contributed by atoms with Crippen molar-refractivity contribution in [2.45, 2.75) is 19.4 Å². The molecule has 0 heterocycles. The summed E-state index contributed by atoms with van der Waals surface area (Å²) in [6.45, 7) is 1.04. The minimum atomic E-state index is -0.967. The van der Waals surface area contributed by atoms with Gasteiger partial charge in [-0.1, -0.05) is 30.3 Å². The molecule has 2 aromatic carbocycles. The van der Waals surface area contributed by atoms with Gasteiger partial charge in [-0.3, -0.25) is 0 Å². The molecular weight excluding hydrogens is 280 g/mol. The molecular formula is C18H18O4. The molecule has 1 aliphatic rings. The maximum Gasteiger partial charge on any atom is 0.335 e. The predicted molar refractivity (Wildman–Crippen MR) is 82.4 cm³/mol. The highest BCUT2D eigenvalue weighted by atomic mass is 16.5. The van der Waals surface area contributed by atoms with Gasteiger partial charge in [0.25, 0.3) is 0 Å². The van der Waals surface area contributed by atoms with Crippen molar-refractivity contribution in [2.24, 2.45) is 5.92 Å². The molecule has 4 heteroatoms. The van der Waals surface area contributed by atoms with E-state index in [1.807, 2.05) is 30.3 Å².